The van der Waals surface area contributed by atoms with Gasteiger partial charge >= 0.3 is 6.03 Å². The van der Waals surface area contributed by atoms with Crippen molar-refractivity contribution >= 4 is 17.4 Å². The Kier molecular flexibility index (Phi) is 9.26. The van der Waals surface area contributed by atoms with Crippen molar-refractivity contribution in [1.82, 2.24) is 9.80 Å². The number of urea groups is 1. The molecule has 1 saturated heterocycles. The van der Waals surface area contributed by atoms with Gasteiger partial charge in [-0.05, 0) is 70.9 Å². The number of benzene rings is 2. The summed E-state index contributed by atoms with van der Waals surface area (Å²) in [6.07, 6.45) is 0. The van der Waals surface area contributed by atoms with E-state index < -0.39 is 0 Å². The summed E-state index contributed by atoms with van der Waals surface area (Å²) in [5, 5.41) is 3.04. The van der Waals surface area contributed by atoms with Gasteiger partial charge in [0.2, 0.25) is 0 Å². The van der Waals surface area contributed by atoms with Gasteiger partial charge in [0, 0.05) is 62.2 Å². The van der Waals surface area contributed by atoms with Gasteiger partial charge in [-0.2, -0.15) is 0 Å². The Morgan fingerprint density at radius 2 is 1.69 bits per heavy atom. The molecule has 0 saturated carbocycles. The topological polar surface area (TPSA) is 57.3 Å². The van der Waals surface area contributed by atoms with Gasteiger partial charge in [-0.1, -0.05) is 12.1 Å². The molecule has 35 heavy (non-hydrogen) atoms. The lowest BCUT2D eigenvalue weighted by atomic mass is 10.1. The number of methoxy groups -OCH3 is 1. The Morgan fingerprint density at radius 1 is 1.00 bits per heavy atom. The van der Waals surface area contributed by atoms with E-state index in [1.54, 1.807) is 7.11 Å². The minimum atomic E-state index is -0.0903. The van der Waals surface area contributed by atoms with Crippen molar-refractivity contribution in [3.63, 3.8) is 0 Å². The first-order valence-electron chi connectivity index (χ1n) is 12.6. The Labute approximate surface area is 211 Å². The lowest BCUT2D eigenvalue weighted by Crippen LogP contribution is -2.50. The molecule has 2 aromatic carbocycles. The van der Waals surface area contributed by atoms with Gasteiger partial charge in [-0.3, -0.25) is 4.90 Å². The van der Waals surface area contributed by atoms with Crippen molar-refractivity contribution in [2.24, 2.45) is 0 Å². The maximum Gasteiger partial charge on any atom is 0.321 e. The predicted octanol–water partition coefficient (Wildman–Crippen LogP) is 5.16. The summed E-state index contributed by atoms with van der Waals surface area (Å²) in [7, 11) is 1.63. The van der Waals surface area contributed by atoms with Crippen molar-refractivity contribution in [2.45, 2.75) is 53.6 Å². The molecule has 0 aliphatic carbocycles. The molecule has 2 amide bonds. The first-order valence-corrected chi connectivity index (χ1v) is 12.6. The number of nitrogens with one attached hydrogen (secondary N) is 1. The third-order valence-electron chi connectivity index (χ3n) is 6.83. The molecule has 7 heteroatoms. The highest BCUT2D eigenvalue weighted by Gasteiger charge is 2.23. The lowest BCUT2D eigenvalue weighted by molar-refractivity contribution is 0.140. The van der Waals surface area contributed by atoms with Gasteiger partial charge in [-0.15, -0.1) is 0 Å². The number of nitrogens with zero attached hydrogens (tertiary/aromatic N) is 3. The number of piperazine rings is 1. The summed E-state index contributed by atoms with van der Waals surface area (Å²) >= 11 is 0. The maximum atomic E-state index is 13.0. The van der Waals surface area contributed by atoms with E-state index in [0.29, 0.717) is 49.0 Å². The molecule has 1 aliphatic heterocycles. The van der Waals surface area contributed by atoms with E-state index in [1.807, 2.05) is 23.1 Å². The minimum Gasteiger partial charge on any atom is -0.493 e. The molecule has 1 fully saturated rings. The lowest BCUT2D eigenvalue weighted by Gasteiger charge is -2.37. The normalized spacial score (nSPS) is 14.1. The number of hydrogen-bond acceptors (Lipinski definition) is 5. The van der Waals surface area contributed by atoms with E-state index in [4.69, 9.17) is 9.47 Å². The number of carbonyl (C=O) groups excluding carboxylic acids is 1. The molecule has 0 bridgehead atoms. The average molecular weight is 483 g/mol. The summed E-state index contributed by atoms with van der Waals surface area (Å²) in [5.74, 6) is 1.29. The number of amides is 2. The SMILES string of the molecule is COc1ccc(NC(=O)N2CCN(c3cccc(C)c3C)CC2)cc1OCCN(C(C)C)C(C)C. The fraction of sp³-hybridized carbons (Fsp3) is 0.536. The highest BCUT2D eigenvalue weighted by atomic mass is 16.5. The van der Waals surface area contributed by atoms with Crippen LogP contribution in [0.25, 0.3) is 0 Å². The molecular formula is C28H42N4O3. The molecule has 0 atom stereocenters. The highest BCUT2D eigenvalue weighted by Crippen LogP contribution is 2.31. The summed E-state index contributed by atoms with van der Waals surface area (Å²) in [6, 6.07) is 12.7. The molecule has 0 radical (unpaired) electrons. The van der Waals surface area contributed by atoms with Crippen LogP contribution in [0.3, 0.4) is 0 Å². The predicted molar refractivity (Wildman–Crippen MR) is 144 cm³/mol. The number of hydrogen-bond donors (Lipinski definition) is 1. The van der Waals surface area contributed by atoms with E-state index in [2.05, 4.69) is 74.9 Å². The van der Waals surface area contributed by atoms with Crippen LogP contribution in [0.5, 0.6) is 11.5 Å². The first kappa shape index (κ1) is 26.7. The van der Waals surface area contributed by atoms with Crippen LogP contribution in [0, 0.1) is 13.8 Å². The fourth-order valence-electron chi connectivity index (χ4n) is 4.67. The molecule has 2 aromatic rings. The van der Waals surface area contributed by atoms with Crippen LogP contribution in [0.2, 0.25) is 0 Å². The second kappa shape index (κ2) is 12.2. The molecule has 7 nitrogen and oxygen atoms in total. The van der Waals surface area contributed by atoms with E-state index in [-0.39, 0.29) is 6.03 Å². The van der Waals surface area contributed by atoms with E-state index >= 15 is 0 Å². The number of carbonyl (C=O) groups is 1. The molecule has 3 rings (SSSR count). The van der Waals surface area contributed by atoms with Gasteiger partial charge in [0.25, 0.3) is 0 Å². The molecular weight excluding hydrogens is 440 g/mol. The van der Waals surface area contributed by atoms with E-state index in [9.17, 15) is 4.79 Å². The molecule has 1 N–H and O–H groups in total. The molecule has 1 aliphatic rings. The van der Waals surface area contributed by atoms with Crippen molar-refractivity contribution < 1.29 is 14.3 Å². The van der Waals surface area contributed by atoms with E-state index in [0.717, 1.165) is 19.6 Å². The Morgan fingerprint density at radius 3 is 2.31 bits per heavy atom. The van der Waals surface area contributed by atoms with Crippen molar-refractivity contribution in [1.29, 1.82) is 0 Å². The second-order valence-corrected chi connectivity index (χ2v) is 9.76. The van der Waals surface area contributed by atoms with Crippen LogP contribution in [0.15, 0.2) is 36.4 Å². The second-order valence-electron chi connectivity index (χ2n) is 9.76. The summed E-state index contributed by atoms with van der Waals surface area (Å²) < 4.78 is 11.6. The van der Waals surface area contributed by atoms with Crippen LogP contribution in [-0.4, -0.2) is 74.4 Å². The van der Waals surface area contributed by atoms with Crippen LogP contribution < -0.4 is 19.7 Å². The van der Waals surface area contributed by atoms with Crippen LogP contribution in [0.1, 0.15) is 38.8 Å². The molecule has 192 valence electrons. The zero-order valence-corrected chi connectivity index (χ0v) is 22.4. The molecule has 0 aromatic heterocycles. The summed E-state index contributed by atoms with van der Waals surface area (Å²) in [6.45, 7) is 17.4. The number of aryl methyl sites for hydroxylation is 1. The van der Waals surface area contributed by atoms with Crippen molar-refractivity contribution in [3.05, 3.63) is 47.5 Å². The Hall–Kier alpha value is -2.93. The van der Waals surface area contributed by atoms with Gasteiger partial charge in [0.15, 0.2) is 11.5 Å². The minimum absolute atomic E-state index is 0.0903. The summed E-state index contributed by atoms with van der Waals surface area (Å²) in [4.78, 5) is 19.6. The molecule has 0 unspecified atom stereocenters. The van der Waals surface area contributed by atoms with Gasteiger partial charge in [0.1, 0.15) is 6.61 Å². The van der Waals surface area contributed by atoms with Gasteiger partial charge in [-0.25, -0.2) is 4.79 Å². The van der Waals surface area contributed by atoms with Crippen molar-refractivity contribution in [2.75, 3.05) is 56.7 Å². The quantitative estimate of drug-likeness (QED) is 0.535. The van der Waals surface area contributed by atoms with Crippen LogP contribution in [0.4, 0.5) is 16.2 Å². The largest absolute Gasteiger partial charge is 0.493 e. The van der Waals surface area contributed by atoms with Crippen LogP contribution >= 0.6 is 0 Å². The smallest absolute Gasteiger partial charge is 0.321 e. The summed E-state index contributed by atoms with van der Waals surface area (Å²) in [5.41, 5.74) is 4.56. The fourth-order valence-corrected chi connectivity index (χ4v) is 4.67. The number of ether oxygens (including phenoxy) is 2. The third-order valence-corrected chi connectivity index (χ3v) is 6.83. The van der Waals surface area contributed by atoms with Gasteiger partial charge < -0.3 is 24.6 Å². The van der Waals surface area contributed by atoms with Gasteiger partial charge in [0.05, 0.1) is 7.11 Å². The number of anilines is 2. The van der Waals surface area contributed by atoms with Crippen LogP contribution in [-0.2, 0) is 0 Å². The highest BCUT2D eigenvalue weighted by molar-refractivity contribution is 5.90. The molecule has 1 heterocycles. The Bertz CT molecular complexity index is 976. The number of rotatable bonds is 9. The first-order chi connectivity index (χ1) is 16.7. The molecule has 0 spiro atoms. The Balaban J connectivity index is 1.58. The third kappa shape index (κ3) is 6.82. The zero-order chi connectivity index (χ0) is 25.5. The zero-order valence-electron chi connectivity index (χ0n) is 22.4. The maximum absolute atomic E-state index is 13.0. The standard InChI is InChI=1S/C28H42N4O3/c1-20(2)32(21(3)4)17-18-35-27-19-24(11-12-26(27)34-7)29-28(33)31-15-13-30(14-16-31)25-10-8-9-22(5)23(25)6/h8-12,19-21H,13-18H2,1-7H3,(H,29,33). The monoisotopic (exact) mass is 482 g/mol. The van der Waals surface area contributed by atoms with Crippen molar-refractivity contribution in [3.8, 4) is 11.5 Å². The van der Waals surface area contributed by atoms with E-state index in [1.165, 1.54) is 16.8 Å². The average Bonchev–Trinajstić information content (AvgIpc) is 2.83.